The molecule has 0 saturated carbocycles. The summed E-state index contributed by atoms with van der Waals surface area (Å²) >= 11 is 0. The monoisotopic (exact) mass is 303 g/mol. The number of nitrogens with one attached hydrogen (secondary N) is 1. The Morgan fingerprint density at radius 2 is 1.86 bits per heavy atom. The molecule has 1 saturated heterocycles. The van der Waals surface area contributed by atoms with Gasteiger partial charge in [-0.3, -0.25) is 4.79 Å². The highest BCUT2D eigenvalue weighted by molar-refractivity contribution is 5.80. The van der Waals surface area contributed by atoms with Gasteiger partial charge in [0, 0.05) is 25.1 Å². The molecule has 0 aromatic heterocycles. The van der Waals surface area contributed by atoms with Gasteiger partial charge < -0.3 is 14.5 Å². The number of nitrogens with zero attached hydrogens (tertiary/aromatic N) is 1. The Morgan fingerprint density at radius 3 is 2.55 bits per heavy atom. The average Bonchev–Trinajstić information content (AvgIpc) is 2.52. The third-order valence-corrected chi connectivity index (χ3v) is 4.97. The molecule has 4 nitrogen and oxygen atoms in total. The first kappa shape index (κ1) is 15.5. The van der Waals surface area contributed by atoms with E-state index in [0.29, 0.717) is 0 Å². The fourth-order valence-corrected chi connectivity index (χ4v) is 3.78. The Bertz CT molecular complexity index is 536. The molecule has 22 heavy (non-hydrogen) atoms. The van der Waals surface area contributed by atoms with Crippen LogP contribution in [0.3, 0.4) is 0 Å². The molecule has 1 N–H and O–H groups in total. The van der Waals surface area contributed by atoms with E-state index in [9.17, 15) is 4.79 Å². The number of quaternary nitrogens is 1. The number of rotatable bonds is 2. The minimum atomic E-state index is 0.0193. The van der Waals surface area contributed by atoms with E-state index in [4.69, 9.17) is 4.74 Å². The maximum atomic E-state index is 12.8. The van der Waals surface area contributed by atoms with Crippen molar-refractivity contribution in [1.29, 1.82) is 0 Å². The fourth-order valence-electron chi connectivity index (χ4n) is 3.78. The van der Waals surface area contributed by atoms with Crippen LogP contribution in [-0.2, 0) is 22.5 Å². The molecule has 0 radical (unpaired) electrons. The lowest BCUT2D eigenvalue weighted by molar-refractivity contribution is -0.930. The van der Waals surface area contributed by atoms with E-state index in [1.807, 2.05) is 18.7 Å². The number of hydrogen-bond acceptors (Lipinski definition) is 2. The smallest absolute Gasteiger partial charge is 0.280 e. The minimum absolute atomic E-state index is 0.0193. The van der Waals surface area contributed by atoms with E-state index in [-0.39, 0.29) is 24.2 Å². The van der Waals surface area contributed by atoms with Gasteiger partial charge in [-0.25, -0.2) is 0 Å². The van der Waals surface area contributed by atoms with Crippen molar-refractivity contribution >= 4 is 5.91 Å². The predicted molar refractivity (Wildman–Crippen MR) is 85.7 cm³/mol. The van der Waals surface area contributed by atoms with Gasteiger partial charge in [-0.15, -0.1) is 0 Å². The van der Waals surface area contributed by atoms with Crippen molar-refractivity contribution < 1.29 is 14.4 Å². The van der Waals surface area contributed by atoms with Crippen molar-refractivity contribution in [2.75, 3.05) is 19.6 Å². The summed E-state index contributed by atoms with van der Waals surface area (Å²) in [7, 11) is 0. The second kappa shape index (κ2) is 6.39. The van der Waals surface area contributed by atoms with Gasteiger partial charge in [0.2, 0.25) is 0 Å². The first-order chi connectivity index (χ1) is 10.5. The van der Waals surface area contributed by atoms with Crippen molar-refractivity contribution in [1.82, 2.24) is 4.90 Å². The van der Waals surface area contributed by atoms with E-state index < -0.39 is 0 Å². The van der Waals surface area contributed by atoms with Gasteiger partial charge in [0.25, 0.3) is 5.91 Å². The van der Waals surface area contributed by atoms with Crippen LogP contribution in [0.2, 0.25) is 0 Å². The molecule has 1 aromatic carbocycles. The summed E-state index contributed by atoms with van der Waals surface area (Å²) < 4.78 is 5.74. The molecule has 4 heteroatoms. The van der Waals surface area contributed by atoms with Crippen molar-refractivity contribution in [3.8, 4) is 0 Å². The summed E-state index contributed by atoms with van der Waals surface area (Å²) in [4.78, 5) is 16.2. The van der Waals surface area contributed by atoms with Crippen molar-refractivity contribution in [3.63, 3.8) is 0 Å². The number of morpholine rings is 1. The molecule has 1 aromatic rings. The van der Waals surface area contributed by atoms with Crippen molar-refractivity contribution in [2.45, 2.75) is 52.0 Å². The summed E-state index contributed by atoms with van der Waals surface area (Å²) in [5.74, 6) is 0.274. The molecular formula is C18H27N2O2+. The van der Waals surface area contributed by atoms with Gasteiger partial charge in [0.1, 0.15) is 6.54 Å². The van der Waals surface area contributed by atoms with E-state index in [1.165, 1.54) is 16.0 Å². The first-order valence-electron chi connectivity index (χ1n) is 8.40. The molecule has 1 amide bonds. The quantitative estimate of drug-likeness (QED) is 0.870. The van der Waals surface area contributed by atoms with Gasteiger partial charge in [-0.1, -0.05) is 24.3 Å². The van der Waals surface area contributed by atoms with Crippen molar-refractivity contribution in [3.05, 3.63) is 35.4 Å². The lowest BCUT2D eigenvalue weighted by Gasteiger charge is -2.38. The molecule has 4 atom stereocenters. The minimum Gasteiger partial charge on any atom is -0.372 e. The van der Waals surface area contributed by atoms with Crippen LogP contribution in [0.25, 0.3) is 0 Å². The summed E-state index contributed by atoms with van der Waals surface area (Å²) in [5.41, 5.74) is 2.84. The highest BCUT2D eigenvalue weighted by atomic mass is 16.5. The second-order valence-corrected chi connectivity index (χ2v) is 6.83. The first-order valence-corrected chi connectivity index (χ1v) is 8.40. The Kier molecular flexibility index (Phi) is 4.50. The number of benzene rings is 1. The number of carbonyl (C=O) groups is 1. The summed E-state index contributed by atoms with van der Waals surface area (Å²) in [6.45, 7) is 9.61. The van der Waals surface area contributed by atoms with Crippen molar-refractivity contribution in [2.24, 2.45) is 0 Å². The van der Waals surface area contributed by atoms with Crippen LogP contribution in [0, 0.1) is 0 Å². The lowest BCUT2D eigenvalue weighted by Crippen LogP contribution is -3.16. The number of ether oxygens (including phenoxy) is 1. The fraction of sp³-hybridized carbons (Fsp3) is 0.611. The molecule has 2 heterocycles. The van der Waals surface area contributed by atoms with Gasteiger partial charge in [-0.05, 0) is 26.3 Å². The Hall–Kier alpha value is -1.39. The maximum absolute atomic E-state index is 12.8. The SMILES string of the molecule is C[C@H](C(=O)N1C[C@H](C)O[C@@H](C)C1)[NH+]1CCc2ccccc2C1. The molecule has 0 bridgehead atoms. The van der Waals surface area contributed by atoms with Crippen LogP contribution in [-0.4, -0.2) is 48.7 Å². The third kappa shape index (κ3) is 3.18. The van der Waals surface area contributed by atoms with Crippen LogP contribution >= 0.6 is 0 Å². The summed E-state index contributed by atoms with van der Waals surface area (Å²) in [6, 6.07) is 8.63. The average molecular weight is 303 g/mol. The van der Waals surface area contributed by atoms with Crippen LogP contribution in [0.5, 0.6) is 0 Å². The topological polar surface area (TPSA) is 34.0 Å². The highest BCUT2D eigenvalue weighted by Crippen LogP contribution is 2.13. The van der Waals surface area contributed by atoms with Crippen LogP contribution < -0.4 is 4.90 Å². The molecule has 0 aliphatic carbocycles. The number of hydrogen-bond donors (Lipinski definition) is 1. The number of amides is 1. The Balaban J connectivity index is 1.66. The van der Waals surface area contributed by atoms with Gasteiger partial charge >= 0.3 is 0 Å². The zero-order chi connectivity index (χ0) is 15.7. The Morgan fingerprint density at radius 1 is 1.23 bits per heavy atom. The standard InChI is InChI=1S/C18H26N2O2/c1-13-10-20(11-14(2)22-13)18(21)15(3)19-9-8-16-6-4-5-7-17(16)12-19/h4-7,13-15H,8-12H2,1-3H3/p+1/t13-,14-,15+/m0/s1. The maximum Gasteiger partial charge on any atom is 0.280 e. The largest absolute Gasteiger partial charge is 0.372 e. The molecule has 1 unspecified atom stereocenters. The van der Waals surface area contributed by atoms with Crippen LogP contribution in [0.15, 0.2) is 24.3 Å². The molecule has 1 fully saturated rings. The van der Waals surface area contributed by atoms with Crippen LogP contribution in [0.4, 0.5) is 0 Å². The second-order valence-electron chi connectivity index (χ2n) is 6.83. The summed E-state index contributed by atoms with van der Waals surface area (Å²) in [5, 5.41) is 0. The summed E-state index contributed by atoms with van der Waals surface area (Å²) in [6.07, 6.45) is 1.34. The molecule has 0 spiro atoms. The van der Waals surface area contributed by atoms with Gasteiger partial charge in [0.05, 0.1) is 18.8 Å². The van der Waals surface area contributed by atoms with E-state index in [0.717, 1.165) is 32.6 Å². The highest BCUT2D eigenvalue weighted by Gasteiger charge is 2.34. The van der Waals surface area contributed by atoms with E-state index in [2.05, 4.69) is 31.2 Å². The normalized spacial score (nSPS) is 29.8. The molecule has 3 rings (SSSR count). The van der Waals surface area contributed by atoms with E-state index in [1.54, 1.807) is 0 Å². The van der Waals surface area contributed by atoms with E-state index >= 15 is 0 Å². The number of carbonyl (C=O) groups excluding carboxylic acids is 1. The zero-order valence-electron chi connectivity index (χ0n) is 13.8. The lowest BCUT2D eigenvalue weighted by atomic mass is 9.98. The third-order valence-electron chi connectivity index (χ3n) is 4.97. The predicted octanol–water partition coefficient (Wildman–Crippen LogP) is 0.652. The van der Waals surface area contributed by atoms with Gasteiger partial charge in [-0.2, -0.15) is 0 Å². The molecule has 120 valence electrons. The van der Waals surface area contributed by atoms with Crippen LogP contribution in [0.1, 0.15) is 31.9 Å². The van der Waals surface area contributed by atoms with Gasteiger partial charge in [0.15, 0.2) is 6.04 Å². The Labute approximate surface area is 133 Å². The molecule has 2 aliphatic heterocycles. The molecular weight excluding hydrogens is 276 g/mol. The number of fused-ring (bicyclic) bond motifs is 1. The zero-order valence-corrected chi connectivity index (χ0v) is 13.8. The molecule has 2 aliphatic rings.